The van der Waals surface area contributed by atoms with Gasteiger partial charge in [0.25, 0.3) is 0 Å². The highest BCUT2D eigenvalue weighted by Gasteiger charge is 2.44. The molecule has 2 aromatic carbocycles. The number of para-hydroxylation sites is 1. The second kappa shape index (κ2) is 3.67. The minimum atomic E-state index is 0.506. The summed E-state index contributed by atoms with van der Waals surface area (Å²) >= 11 is 0. The molecule has 3 aliphatic heterocycles. The number of hydrogen-bond acceptors (Lipinski definition) is 3. The van der Waals surface area contributed by atoms with E-state index in [-0.39, 0.29) is 0 Å². The average Bonchev–Trinajstić information content (AvgIpc) is 3.24. The maximum atomic E-state index is 6.26. The number of benzene rings is 2. The van der Waals surface area contributed by atoms with Gasteiger partial charge in [-0.25, -0.2) is 0 Å². The first kappa shape index (κ1) is 11.2. The molecule has 3 aromatic rings. The summed E-state index contributed by atoms with van der Waals surface area (Å²) in [6, 6.07) is 12.9. The van der Waals surface area contributed by atoms with Crippen molar-refractivity contribution in [2.75, 3.05) is 11.4 Å². The van der Waals surface area contributed by atoms with Crippen LogP contribution in [-0.4, -0.2) is 17.6 Å². The molecule has 3 heteroatoms. The SMILES string of the molecule is C1=CN2c3c(ccc4c3oc3ccccc34)CC3CCN1C32. The second-order valence-corrected chi connectivity index (χ2v) is 6.66. The average molecular weight is 288 g/mol. The summed E-state index contributed by atoms with van der Waals surface area (Å²) in [5.41, 5.74) is 4.76. The fraction of sp³-hybridized carbons (Fsp3) is 0.263. The largest absolute Gasteiger partial charge is 0.454 e. The van der Waals surface area contributed by atoms with E-state index in [1.54, 1.807) is 0 Å². The molecule has 1 saturated heterocycles. The van der Waals surface area contributed by atoms with Crippen molar-refractivity contribution in [3.63, 3.8) is 0 Å². The van der Waals surface area contributed by atoms with Crippen LogP contribution in [0.15, 0.2) is 53.2 Å². The molecular weight excluding hydrogens is 272 g/mol. The Morgan fingerprint density at radius 1 is 1.00 bits per heavy atom. The molecule has 0 radical (unpaired) electrons. The summed E-state index contributed by atoms with van der Waals surface area (Å²) in [5.74, 6) is 0.740. The lowest BCUT2D eigenvalue weighted by Gasteiger charge is -2.37. The van der Waals surface area contributed by atoms with Crippen molar-refractivity contribution in [3.05, 3.63) is 54.4 Å². The van der Waals surface area contributed by atoms with Crippen molar-refractivity contribution >= 4 is 27.6 Å². The monoisotopic (exact) mass is 288 g/mol. The van der Waals surface area contributed by atoms with Gasteiger partial charge in [-0.15, -0.1) is 0 Å². The van der Waals surface area contributed by atoms with E-state index in [1.807, 2.05) is 6.07 Å². The highest BCUT2D eigenvalue weighted by atomic mass is 16.3. The summed E-state index contributed by atoms with van der Waals surface area (Å²) in [6.07, 6.45) is 7.46. The Hall–Kier alpha value is -2.42. The predicted octanol–water partition coefficient (Wildman–Crippen LogP) is 4.08. The van der Waals surface area contributed by atoms with Crippen molar-refractivity contribution in [1.29, 1.82) is 0 Å². The van der Waals surface area contributed by atoms with Crippen LogP contribution in [-0.2, 0) is 6.42 Å². The fourth-order valence-corrected chi connectivity index (χ4v) is 4.62. The topological polar surface area (TPSA) is 19.6 Å². The van der Waals surface area contributed by atoms with Gasteiger partial charge < -0.3 is 14.2 Å². The normalized spacial score (nSPS) is 25.3. The van der Waals surface area contributed by atoms with E-state index in [0.29, 0.717) is 6.17 Å². The first-order valence-corrected chi connectivity index (χ1v) is 8.06. The third-order valence-electron chi connectivity index (χ3n) is 5.57. The van der Waals surface area contributed by atoms with E-state index < -0.39 is 0 Å². The van der Waals surface area contributed by atoms with Gasteiger partial charge in [0.1, 0.15) is 11.7 Å². The van der Waals surface area contributed by atoms with E-state index in [9.17, 15) is 0 Å². The van der Waals surface area contributed by atoms with Gasteiger partial charge >= 0.3 is 0 Å². The molecule has 1 fully saturated rings. The molecule has 22 heavy (non-hydrogen) atoms. The van der Waals surface area contributed by atoms with Crippen LogP contribution in [0, 0.1) is 5.92 Å². The van der Waals surface area contributed by atoms with Crippen LogP contribution in [0.5, 0.6) is 0 Å². The molecule has 0 N–H and O–H groups in total. The van der Waals surface area contributed by atoms with Gasteiger partial charge in [0.05, 0.1) is 5.69 Å². The molecule has 6 rings (SSSR count). The van der Waals surface area contributed by atoms with Crippen LogP contribution < -0.4 is 4.90 Å². The Bertz CT molecular complexity index is 955. The lowest BCUT2D eigenvalue weighted by Crippen LogP contribution is -2.42. The van der Waals surface area contributed by atoms with Gasteiger partial charge in [0.15, 0.2) is 5.58 Å². The first-order valence-electron chi connectivity index (χ1n) is 8.06. The first-order chi connectivity index (χ1) is 10.9. The maximum absolute atomic E-state index is 6.26. The number of nitrogens with zero attached hydrogens (tertiary/aromatic N) is 2. The van der Waals surface area contributed by atoms with Gasteiger partial charge in [0, 0.05) is 35.6 Å². The van der Waals surface area contributed by atoms with E-state index in [4.69, 9.17) is 4.42 Å². The summed E-state index contributed by atoms with van der Waals surface area (Å²) in [4.78, 5) is 4.93. The molecule has 0 spiro atoms. The quantitative estimate of drug-likeness (QED) is 0.621. The summed E-state index contributed by atoms with van der Waals surface area (Å²) < 4.78 is 6.26. The summed E-state index contributed by atoms with van der Waals surface area (Å²) in [7, 11) is 0. The van der Waals surface area contributed by atoms with Crippen LogP contribution in [0.3, 0.4) is 0 Å². The summed E-state index contributed by atoms with van der Waals surface area (Å²) in [6.45, 7) is 1.18. The van der Waals surface area contributed by atoms with Crippen molar-refractivity contribution in [2.45, 2.75) is 19.0 Å². The van der Waals surface area contributed by atoms with Crippen molar-refractivity contribution < 1.29 is 4.42 Å². The number of rotatable bonds is 0. The summed E-state index contributed by atoms with van der Waals surface area (Å²) in [5, 5.41) is 2.45. The minimum absolute atomic E-state index is 0.506. The number of furan rings is 1. The lowest BCUT2D eigenvalue weighted by atomic mass is 9.89. The van der Waals surface area contributed by atoms with E-state index in [0.717, 1.165) is 17.1 Å². The zero-order valence-corrected chi connectivity index (χ0v) is 12.2. The number of hydrogen-bond donors (Lipinski definition) is 0. The van der Waals surface area contributed by atoms with Crippen LogP contribution >= 0.6 is 0 Å². The van der Waals surface area contributed by atoms with Gasteiger partial charge in [-0.05, 0) is 24.5 Å². The molecule has 0 bridgehead atoms. The maximum Gasteiger partial charge on any atom is 0.159 e. The third-order valence-corrected chi connectivity index (χ3v) is 5.57. The fourth-order valence-electron chi connectivity index (χ4n) is 4.62. The molecule has 3 nitrogen and oxygen atoms in total. The van der Waals surface area contributed by atoms with Crippen molar-refractivity contribution in [2.24, 2.45) is 5.92 Å². The van der Waals surface area contributed by atoms with Gasteiger partial charge in [-0.3, -0.25) is 0 Å². The molecule has 2 atom stereocenters. The Morgan fingerprint density at radius 2 is 1.95 bits per heavy atom. The van der Waals surface area contributed by atoms with Crippen LogP contribution in [0.2, 0.25) is 0 Å². The molecule has 3 aliphatic rings. The van der Waals surface area contributed by atoms with Gasteiger partial charge in [-0.2, -0.15) is 0 Å². The number of anilines is 1. The molecule has 2 unspecified atom stereocenters. The predicted molar refractivity (Wildman–Crippen MR) is 87.6 cm³/mol. The molecule has 0 amide bonds. The third kappa shape index (κ3) is 1.20. The van der Waals surface area contributed by atoms with Crippen molar-refractivity contribution in [1.82, 2.24) is 4.90 Å². The van der Waals surface area contributed by atoms with Crippen molar-refractivity contribution in [3.8, 4) is 0 Å². The lowest BCUT2D eigenvalue weighted by molar-refractivity contribution is 0.318. The highest BCUT2D eigenvalue weighted by molar-refractivity contribution is 6.09. The molecule has 108 valence electrons. The smallest absolute Gasteiger partial charge is 0.159 e. The Balaban J connectivity index is 1.70. The molecular formula is C19H16N2O. The minimum Gasteiger partial charge on any atom is -0.454 e. The molecule has 0 aliphatic carbocycles. The van der Waals surface area contributed by atoms with E-state index in [1.165, 1.54) is 41.4 Å². The van der Waals surface area contributed by atoms with E-state index in [2.05, 4.69) is 52.5 Å². The van der Waals surface area contributed by atoms with Crippen LogP contribution in [0.25, 0.3) is 21.9 Å². The standard InChI is InChI=1S/C19H16N2O/c1-2-4-16-14(3-1)15-6-5-12-11-13-7-8-20-9-10-21(19(13)20)17(12)18(15)22-16/h1-6,9-10,13,19H,7-8,11H2. The molecule has 0 saturated carbocycles. The van der Waals surface area contributed by atoms with Crippen LogP contribution in [0.4, 0.5) is 5.69 Å². The zero-order valence-electron chi connectivity index (χ0n) is 12.2. The zero-order chi connectivity index (χ0) is 14.3. The molecule has 4 heterocycles. The highest BCUT2D eigenvalue weighted by Crippen LogP contribution is 2.47. The Morgan fingerprint density at radius 3 is 2.95 bits per heavy atom. The second-order valence-electron chi connectivity index (χ2n) is 6.66. The van der Waals surface area contributed by atoms with Gasteiger partial charge in [-0.1, -0.05) is 30.3 Å². The van der Waals surface area contributed by atoms with E-state index >= 15 is 0 Å². The van der Waals surface area contributed by atoms with Gasteiger partial charge in [0.2, 0.25) is 0 Å². The Labute approximate surface area is 128 Å². The molecule has 1 aromatic heterocycles. The number of fused-ring (bicyclic) bond motifs is 6. The van der Waals surface area contributed by atoms with Crippen LogP contribution in [0.1, 0.15) is 12.0 Å². The Kier molecular flexibility index (Phi) is 1.86.